The standard InChI is InChI=1S/C18H18BrNO4S/c1-23-15(21)9-8-14(18(22)24-2)20-13-5-3-4-10-12(19)7-6-11(16(10)13)17(20)25/h3-7,14,17,25H,8-9H2,1-2H3. The Bertz CT molecular complexity index is 841. The van der Waals surface area contributed by atoms with Gasteiger partial charge >= 0.3 is 11.9 Å². The summed E-state index contributed by atoms with van der Waals surface area (Å²) in [6, 6.07) is 9.29. The third-order valence-corrected chi connectivity index (χ3v) is 5.69. The highest BCUT2D eigenvalue weighted by molar-refractivity contribution is 9.10. The predicted molar refractivity (Wildman–Crippen MR) is 103 cm³/mol. The zero-order valence-electron chi connectivity index (χ0n) is 13.9. The average molecular weight is 424 g/mol. The van der Waals surface area contributed by atoms with Crippen LogP contribution in [0.2, 0.25) is 0 Å². The first-order chi connectivity index (χ1) is 12.0. The lowest BCUT2D eigenvalue weighted by molar-refractivity contribution is -0.143. The van der Waals surface area contributed by atoms with Gasteiger partial charge in [0.05, 0.1) is 19.6 Å². The fourth-order valence-corrected chi connectivity index (χ4v) is 4.26. The number of nitrogens with zero attached hydrogens (tertiary/aromatic N) is 1. The molecule has 0 spiro atoms. The highest BCUT2D eigenvalue weighted by atomic mass is 79.9. The summed E-state index contributed by atoms with van der Waals surface area (Å²) in [6.07, 6.45) is 0.422. The van der Waals surface area contributed by atoms with Crippen LogP contribution in [0.1, 0.15) is 23.8 Å². The zero-order valence-corrected chi connectivity index (χ0v) is 16.3. The number of methoxy groups -OCH3 is 2. The van der Waals surface area contributed by atoms with Gasteiger partial charge in [0.1, 0.15) is 6.04 Å². The Morgan fingerprint density at radius 3 is 2.68 bits per heavy atom. The molecule has 3 rings (SSSR count). The summed E-state index contributed by atoms with van der Waals surface area (Å²) < 4.78 is 10.7. The predicted octanol–water partition coefficient (Wildman–Crippen LogP) is 3.85. The minimum Gasteiger partial charge on any atom is -0.469 e. The molecule has 25 heavy (non-hydrogen) atoms. The van der Waals surface area contributed by atoms with Crippen LogP contribution in [0, 0.1) is 0 Å². The molecule has 5 nitrogen and oxygen atoms in total. The molecule has 0 N–H and O–H groups in total. The number of ether oxygens (including phenoxy) is 2. The summed E-state index contributed by atoms with van der Waals surface area (Å²) in [7, 11) is 2.68. The highest BCUT2D eigenvalue weighted by Crippen LogP contribution is 2.49. The van der Waals surface area contributed by atoms with Crippen LogP contribution in [0.5, 0.6) is 0 Å². The zero-order chi connectivity index (χ0) is 18.1. The molecule has 0 aliphatic carbocycles. The van der Waals surface area contributed by atoms with E-state index >= 15 is 0 Å². The molecule has 0 saturated heterocycles. The van der Waals surface area contributed by atoms with Gasteiger partial charge in [0, 0.05) is 22.0 Å². The molecule has 2 unspecified atom stereocenters. The topological polar surface area (TPSA) is 55.8 Å². The minimum absolute atomic E-state index is 0.128. The van der Waals surface area contributed by atoms with Crippen molar-refractivity contribution < 1.29 is 19.1 Å². The van der Waals surface area contributed by atoms with E-state index in [4.69, 9.17) is 22.1 Å². The second-order valence-electron chi connectivity index (χ2n) is 5.77. The molecule has 0 fully saturated rings. The van der Waals surface area contributed by atoms with Crippen LogP contribution in [0.4, 0.5) is 5.69 Å². The van der Waals surface area contributed by atoms with Gasteiger partial charge in [0.25, 0.3) is 0 Å². The number of anilines is 1. The van der Waals surface area contributed by atoms with Gasteiger partial charge in [0.2, 0.25) is 0 Å². The first-order valence-electron chi connectivity index (χ1n) is 7.81. The van der Waals surface area contributed by atoms with Gasteiger partial charge in [-0.2, -0.15) is 0 Å². The van der Waals surface area contributed by atoms with Crippen molar-refractivity contribution in [3.05, 3.63) is 40.4 Å². The number of esters is 2. The third-order valence-electron chi connectivity index (χ3n) is 4.48. The van der Waals surface area contributed by atoms with Gasteiger partial charge in [-0.05, 0) is 29.5 Å². The Hall–Kier alpha value is -1.73. The Kier molecular flexibility index (Phi) is 5.24. The normalized spacial score (nSPS) is 16.8. The van der Waals surface area contributed by atoms with Crippen molar-refractivity contribution in [2.75, 3.05) is 19.1 Å². The van der Waals surface area contributed by atoms with Crippen molar-refractivity contribution in [2.45, 2.75) is 24.3 Å². The molecular weight excluding hydrogens is 406 g/mol. The molecule has 0 aromatic heterocycles. The molecule has 0 bridgehead atoms. The lowest BCUT2D eigenvalue weighted by atomic mass is 10.1. The van der Waals surface area contributed by atoms with Crippen molar-refractivity contribution in [2.24, 2.45) is 0 Å². The number of carbonyl (C=O) groups is 2. The Labute approximate surface area is 159 Å². The average Bonchev–Trinajstić information content (AvgIpc) is 2.91. The SMILES string of the molecule is COC(=O)CCC(C(=O)OC)N1c2cccc3c(Br)ccc(c23)C1S. The summed E-state index contributed by atoms with van der Waals surface area (Å²) in [4.78, 5) is 25.9. The summed E-state index contributed by atoms with van der Waals surface area (Å²) in [5, 5.41) is 1.83. The first-order valence-corrected chi connectivity index (χ1v) is 9.12. The van der Waals surface area contributed by atoms with E-state index in [0.717, 1.165) is 26.5 Å². The second-order valence-corrected chi connectivity index (χ2v) is 7.11. The summed E-state index contributed by atoms with van der Waals surface area (Å²) in [5.74, 6) is -0.755. The van der Waals surface area contributed by atoms with Gasteiger partial charge in [-0.3, -0.25) is 4.79 Å². The van der Waals surface area contributed by atoms with Gasteiger partial charge in [0.15, 0.2) is 0 Å². The fraction of sp³-hybridized carbons (Fsp3) is 0.333. The number of halogens is 1. The minimum atomic E-state index is -0.622. The van der Waals surface area contributed by atoms with E-state index in [-0.39, 0.29) is 17.8 Å². The lowest BCUT2D eigenvalue weighted by Gasteiger charge is -2.32. The summed E-state index contributed by atoms with van der Waals surface area (Å²) >= 11 is 8.32. The third kappa shape index (κ3) is 3.11. The molecule has 1 heterocycles. The van der Waals surface area contributed by atoms with Crippen molar-refractivity contribution >= 4 is 57.0 Å². The molecule has 1 aliphatic rings. The molecule has 1 aliphatic heterocycles. The maximum atomic E-state index is 12.4. The van der Waals surface area contributed by atoms with Crippen LogP contribution in [0.15, 0.2) is 34.8 Å². The molecular formula is C18H18BrNO4S. The molecule has 0 radical (unpaired) electrons. The highest BCUT2D eigenvalue weighted by Gasteiger charge is 2.38. The maximum absolute atomic E-state index is 12.4. The van der Waals surface area contributed by atoms with Crippen molar-refractivity contribution in [3.8, 4) is 0 Å². The van der Waals surface area contributed by atoms with Crippen molar-refractivity contribution in [1.29, 1.82) is 0 Å². The molecule has 2 aromatic carbocycles. The van der Waals surface area contributed by atoms with Gasteiger partial charge in [-0.15, -0.1) is 12.6 Å². The van der Waals surface area contributed by atoms with Gasteiger partial charge in [-0.25, -0.2) is 4.79 Å². The van der Waals surface area contributed by atoms with Crippen LogP contribution in [0.3, 0.4) is 0 Å². The van der Waals surface area contributed by atoms with E-state index in [9.17, 15) is 9.59 Å². The smallest absolute Gasteiger partial charge is 0.328 e. The molecule has 0 amide bonds. The molecule has 0 saturated carbocycles. The van der Waals surface area contributed by atoms with E-state index in [1.807, 2.05) is 35.2 Å². The van der Waals surface area contributed by atoms with Crippen LogP contribution in [-0.4, -0.2) is 32.2 Å². The van der Waals surface area contributed by atoms with E-state index < -0.39 is 12.0 Å². The number of thiol groups is 1. The Balaban J connectivity index is 2.05. The fourth-order valence-electron chi connectivity index (χ4n) is 3.29. The van der Waals surface area contributed by atoms with Crippen molar-refractivity contribution in [3.63, 3.8) is 0 Å². The van der Waals surface area contributed by atoms with Crippen molar-refractivity contribution in [1.82, 2.24) is 0 Å². The number of hydrogen-bond donors (Lipinski definition) is 1. The van der Waals surface area contributed by atoms with Crippen LogP contribution >= 0.6 is 28.6 Å². The van der Waals surface area contributed by atoms with Crippen LogP contribution in [0.25, 0.3) is 10.8 Å². The second kappa shape index (κ2) is 7.25. The lowest BCUT2D eigenvalue weighted by Crippen LogP contribution is -2.41. The molecule has 2 atom stereocenters. The Morgan fingerprint density at radius 2 is 2.00 bits per heavy atom. The van der Waals surface area contributed by atoms with Crippen LogP contribution in [-0.2, 0) is 19.1 Å². The quantitative estimate of drug-likeness (QED) is 0.584. The van der Waals surface area contributed by atoms with E-state index in [2.05, 4.69) is 15.9 Å². The number of benzene rings is 2. The molecule has 7 heteroatoms. The van der Waals surface area contributed by atoms with E-state index in [0.29, 0.717) is 6.42 Å². The number of carbonyl (C=O) groups excluding carboxylic acids is 2. The van der Waals surface area contributed by atoms with E-state index in [1.54, 1.807) is 0 Å². The van der Waals surface area contributed by atoms with Gasteiger partial charge in [-0.1, -0.05) is 34.1 Å². The van der Waals surface area contributed by atoms with Gasteiger partial charge < -0.3 is 14.4 Å². The first kappa shape index (κ1) is 18.1. The molecule has 2 aromatic rings. The summed E-state index contributed by atoms with van der Waals surface area (Å²) in [6.45, 7) is 0. The molecule has 132 valence electrons. The van der Waals surface area contributed by atoms with Crippen LogP contribution < -0.4 is 4.90 Å². The van der Waals surface area contributed by atoms with E-state index in [1.165, 1.54) is 14.2 Å². The maximum Gasteiger partial charge on any atom is 0.328 e. The Morgan fingerprint density at radius 1 is 1.24 bits per heavy atom. The monoisotopic (exact) mass is 423 g/mol. The number of hydrogen-bond acceptors (Lipinski definition) is 6. The largest absolute Gasteiger partial charge is 0.469 e. The summed E-state index contributed by atoms with van der Waals surface area (Å²) in [5.41, 5.74) is 1.94. The number of rotatable bonds is 5.